The maximum atomic E-state index is 13.6. The Morgan fingerprint density at radius 3 is 1.30 bits per heavy atom. The maximum absolute atomic E-state index is 13.6. The Hall–Kier alpha value is -0.230. The van der Waals surface area contributed by atoms with Crippen molar-refractivity contribution in [2.45, 2.75) is 163 Å². The molecule has 242 valence electrons. The molecule has 0 saturated carbocycles. The van der Waals surface area contributed by atoms with Gasteiger partial charge in [-0.15, -0.1) is 0 Å². The van der Waals surface area contributed by atoms with Crippen molar-refractivity contribution in [3.63, 3.8) is 0 Å². The van der Waals surface area contributed by atoms with Crippen molar-refractivity contribution in [2.24, 2.45) is 0 Å². The molecule has 8 heteroatoms. The molecule has 0 atom stereocenters. The number of carbonyl (C=O) groups is 1. The zero-order valence-electron chi connectivity index (χ0n) is 27.2. The molecule has 0 aliphatic heterocycles. The van der Waals surface area contributed by atoms with Crippen molar-refractivity contribution in [1.82, 2.24) is 0 Å². The van der Waals surface area contributed by atoms with Crippen LogP contribution in [0.4, 0.5) is 0 Å². The average Bonchev–Trinajstić information content (AvgIpc) is 2.91. The third kappa shape index (κ3) is 19.8. The SMILES string of the molecule is CCCCCCCCOS(=O)(=O)OP(CCCCCC)(CCCCCC)(CCCCCC)CCCCOC(C)=O. The number of esters is 1. The molecule has 0 aromatic carbocycles. The Balaban J connectivity index is 5.99. The summed E-state index contributed by atoms with van der Waals surface area (Å²) in [6, 6.07) is 0. The van der Waals surface area contributed by atoms with Crippen LogP contribution in [0.1, 0.15) is 163 Å². The molecule has 0 aliphatic carbocycles. The van der Waals surface area contributed by atoms with Crippen LogP contribution in [0.2, 0.25) is 0 Å². The predicted molar refractivity (Wildman–Crippen MR) is 174 cm³/mol. The monoisotopic (exact) mass is 610 g/mol. The van der Waals surface area contributed by atoms with E-state index in [4.69, 9.17) is 12.9 Å². The van der Waals surface area contributed by atoms with E-state index in [1.54, 1.807) is 0 Å². The predicted octanol–water partition coefficient (Wildman–Crippen LogP) is 10.2. The van der Waals surface area contributed by atoms with Gasteiger partial charge in [-0.1, -0.05) is 0 Å². The molecule has 0 unspecified atom stereocenters. The van der Waals surface area contributed by atoms with Crippen LogP contribution in [0, 0.1) is 0 Å². The summed E-state index contributed by atoms with van der Waals surface area (Å²) < 4.78 is 44.5. The van der Waals surface area contributed by atoms with Crippen molar-refractivity contribution in [1.29, 1.82) is 0 Å². The molecule has 0 N–H and O–H groups in total. The first kappa shape index (κ1) is 39.8. The minimum atomic E-state index is -4.11. The van der Waals surface area contributed by atoms with Crippen LogP contribution in [-0.2, 0) is 28.1 Å². The van der Waals surface area contributed by atoms with Gasteiger partial charge in [-0.05, 0) is 0 Å². The van der Waals surface area contributed by atoms with Gasteiger partial charge in [-0.3, -0.25) is 0 Å². The van der Waals surface area contributed by atoms with E-state index in [9.17, 15) is 13.2 Å². The van der Waals surface area contributed by atoms with Gasteiger partial charge in [-0.25, -0.2) is 0 Å². The normalized spacial score (nSPS) is 13.3. The van der Waals surface area contributed by atoms with E-state index in [0.717, 1.165) is 134 Å². The third-order valence-corrected chi connectivity index (χ3v) is 16.8. The van der Waals surface area contributed by atoms with Crippen molar-refractivity contribution in [3.8, 4) is 0 Å². The molecule has 6 nitrogen and oxygen atoms in total. The second-order valence-corrected chi connectivity index (χ2v) is 19.2. The van der Waals surface area contributed by atoms with Gasteiger partial charge in [0.1, 0.15) is 0 Å². The second kappa shape index (κ2) is 24.2. The average molecular weight is 611 g/mol. The van der Waals surface area contributed by atoms with Gasteiger partial charge in [0.25, 0.3) is 0 Å². The van der Waals surface area contributed by atoms with E-state index in [2.05, 4.69) is 27.7 Å². The standard InChI is InChI=1S/C32H67O6PS/c1-6-10-14-18-19-20-27-37-40(34,35)38-39(28-22-15-11-7-2,29-23-16-12-8-3,30-24-17-13-9-4)31-25-21-26-36-32(5)33/h6-31H2,1-5H3. The van der Waals surface area contributed by atoms with Crippen LogP contribution in [-0.4, -0.2) is 52.2 Å². The van der Waals surface area contributed by atoms with Crippen LogP contribution in [0.25, 0.3) is 0 Å². The Morgan fingerprint density at radius 1 is 0.525 bits per heavy atom. The van der Waals surface area contributed by atoms with Gasteiger partial charge >= 0.3 is 250 Å². The van der Waals surface area contributed by atoms with Crippen molar-refractivity contribution in [2.75, 3.05) is 37.9 Å². The van der Waals surface area contributed by atoms with E-state index in [0.29, 0.717) is 6.61 Å². The van der Waals surface area contributed by atoms with Crippen LogP contribution < -0.4 is 0 Å². The Labute approximate surface area is 249 Å². The van der Waals surface area contributed by atoms with Crippen LogP contribution in [0.3, 0.4) is 0 Å². The fourth-order valence-corrected chi connectivity index (χ4v) is 15.0. The minimum absolute atomic E-state index is 0.203. The summed E-state index contributed by atoms with van der Waals surface area (Å²) in [5, 5.41) is 0. The fraction of sp³-hybridized carbons (Fsp3) is 0.969. The topological polar surface area (TPSA) is 78.9 Å². The van der Waals surface area contributed by atoms with Crippen molar-refractivity contribution < 1.29 is 26.1 Å². The number of unbranched alkanes of at least 4 members (excludes halogenated alkanes) is 15. The summed E-state index contributed by atoms with van der Waals surface area (Å²) in [4.78, 5) is 11.3. The van der Waals surface area contributed by atoms with Gasteiger partial charge in [0, 0.05) is 0 Å². The summed E-state index contributed by atoms with van der Waals surface area (Å²) in [5.41, 5.74) is 0. The Kier molecular flexibility index (Phi) is 24.1. The molecule has 0 amide bonds. The fourth-order valence-electron chi connectivity index (χ4n) is 5.79. The van der Waals surface area contributed by atoms with Gasteiger partial charge in [-0.2, -0.15) is 0 Å². The number of hydrogen-bond donors (Lipinski definition) is 0. The quantitative estimate of drug-likeness (QED) is 0.0457. The number of carbonyl (C=O) groups excluding carboxylic acids is 1. The van der Waals surface area contributed by atoms with Crippen LogP contribution in [0.15, 0.2) is 0 Å². The van der Waals surface area contributed by atoms with Crippen LogP contribution in [0.5, 0.6) is 0 Å². The van der Waals surface area contributed by atoms with E-state index >= 15 is 0 Å². The summed E-state index contributed by atoms with van der Waals surface area (Å²) in [5.74, 6) is -0.266. The number of hydrogen-bond acceptors (Lipinski definition) is 6. The van der Waals surface area contributed by atoms with Gasteiger partial charge in [0.05, 0.1) is 0 Å². The molecule has 0 aliphatic rings. The molecule has 0 bridgehead atoms. The first-order valence-corrected chi connectivity index (χ1v) is 21.2. The van der Waals surface area contributed by atoms with E-state index in [1.807, 2.05) is 0 Å². The van der Waals surface area contributed by atoms with Crippen molar-refractivity contribution >= 4 is 23.2 Å². The summed E-state index contributed by atoms with van der Waals surface area (Å²) in [6.45, 7) is 7.69. The zero-order chi connectivity index (χ0) is 30.0. The van der Waals surface area contributed by atoms with E-state index in [1.165, 1.54) is 26.2 Å². The molecule has 40 heavy (non-hydrogen) atoms. The van der Waals surface area contributed by atoms with Crippen molar-refractivity contribution in [3.05, 3.63) is 0 Å². The zero-order valence-corrected chi connectivity index (χ0v) is 28.9. The molecule has 0 aromatic rings. The molecular weight excluding hydrogens is 543 g/mol. The molecule has 0 saturated heterocycles. The van der Waals surface area contributed by atoms with Gasteiger partial charge in [0.15, 0.2) is 0 Å². The Bertz CT molecular complexity index is 678. The molecule has 0 radical (unpaired) electrons. The Morgan fingerprint density at radius 2 is 0.875 bits per heavy atom. The van der Waals surface area contributed by atoms with E-state index < -0.39 is 17.2 Å². The van der Waals surface area contributed by atoms with Crippen LogP contribution >= 0.6 is 6.83 Å². The summed E-state index contributed by atoms with van der Waals surface area (Å²) in [7, 11) is -4.11. The second-order valence-electron chi connectivity index (χ2n) is 12.1. The molecule has 0 rings (SSSR count). The number of rotatable bonds is 30. The van der Waals surface area contributed by atoms with Gasteiger partial charge in [0.2, 0.25) is 0 Å². The molecule has 0 heterocycles. The van der Waals surface area contributed by atoms with E-state index in [-0.39, 0.29) is 12.6 Å². The first-order valence-electron chi connectivity index (χ1n) is 16.9. The summed E-state index contributed by atoms with van der Waals surface area (Å²) >= 11 is 0. The molecule has 0 spiro atoms. The number of ether oxygens (including phenoxy) is 1. The molecule has 0 aromatic heterocycles. The molecular formula is C32H67O6PS. The molecule has 0 fully saturated rings. The first-order chi connectivity index (χ1) is 19.2. The van der Waals surface area contributed by atoms with Gasteiger partial charge < -0.3 is 0 Å². The third-order valence-electron chi connectivity index (χ3n) is 8.18. The summed E-state index contributed by atoms with van der Waals surface area (Å²) in [6.07, 6.45) is 24.6.